The number of amides is 1. The first-order chi connectivity index (χ1) is 12.4. The Morgan fingerprint density at radius 1 is 1.27 bits per heavy atom. The summed E-state index contributed by atoms with van der Waals surface area (Å²) in [6.07, 6.45) is 3.29. The number of aromatic nitrogens is 4. The van der Waals surface area contributed by atoms with Crippen LogP contribution in [0, 0.1) is 13.8 Å². The summed E-state index contributed by atoms with van der Waals surface area (Å²) in [7, 11) is 0. The van der Waals surface area contributed by atoms with E-state index in [1.165, 1.54) is 0 Å². The van der Waals surface area contributed by atoms with E-state index in [-0.39, 0.29) is 5.91 Å². The minimum atomic E-state index is -0.108. The number of hydrogen-bond donors (Lipinski definition) is 1. The maximum absolute atomic E-state index is 12.2. The van der Waals surface area contributed by atoms with Gasteiger partial charge in [0.05, 0.1) is 40.2 Å². The maximum atomic E-state index is 12.2. The van der Waals surface area contributed by atoms with Crippen LogP contribution in [0.1, 0.15) is 27.3 Å². The van der Waals surface area contributed by atoms with Gasteiger partial charge in [-0.05, 0) is 47.5 Å². The van der Waals surface area contributed by atoms with Gasteiger partial charge in [-0.1, -0.05) is 23.7 Å². The molecule has 3 rings (SSSR count). The molecular formula is C18H19BrClN5O. The average molecular weight is 437 g/mol. The first-order valence-corrected chi connectivity index (χ1v) is 9.35. The van der Waals surface area contributed by atoms with Gasteiger partial charge in [-0.25, -0.2) is 0 Å². The Morgan fingerprint density at radius 2 is 2.00 bits per heavy atom. The van der Waals surface area contributed by atoms with Crippen molar-refractivity contribution >= 4 is 33.4 Å². The molecule has 0 radical (unpaired) electrons. The second kappa shape index (κ2) is 8.05. The third kappa shape index (κ3) is 4.34. The van der Waals surface area contributed by atoms with Gasteiger partial charge in [-0.2, -0.15) is 10.2 Å². The zero-order chi connectivity index (χ0) is 18.7. The van der Waals surface area contributed by atoms with Crippen LogP contribution in [-0.2, 0) is 13.1 Å². The molecule has 26 heavy (non-hydrogen) atoms. The number of hydrogen-bond acceptors (Lipinski definition) is 3. The molecular weight excluding hydrogens is 418 g/mol. The van der Waals surface area contributed by atoms with Gasteiger partial charge in [0.2, 0.25) is 0 Å². The SMILES string of the molecule is Cc1nn(Cc2ccc(C(=O)NCCn3cc(Cl)cn3)cc2)c(C)c1Br. The van der Waals surface area contributed by atoms with Gasteiger partial charge in [0.1, 0.15) is 0 Å². The third-order valence-corrected chi connectivity index (χ3v) is 5.41. The Hall–Kier alpha value is -2.12. The molecule has 0 atom stereocenters. The Balaban J connectivity index is 1.56. The molecule has 3 aromatic rings. The summed E-state index contributed by atoms with van der Waals surface area (Å²) >= 11 is 9.35. The van der Waals surface area contributed by atoms with Gasteiger partial charge >= 0.3 is 0 Å². The molecule has 1 aromatic carbocycles. The lowest BCUT2D eigenvalue weighted by molar-refractivity contribution is 0.0952. The summed E-state index contributed by atoms with van der Waals surface area (Å²) in [6.45, 7) is 5.72. The van der Waals surface area contributed by atoms with Crippen molar-refractivity contribution in [2.45, 2.75) is 26.9 Å². The fourth-order valence-electron chi connectivity index (χ4n) is 2.61. The van der Waals surface area contributed by atoms with Crippen LogP contribution >= 0.6 is 27.5 Å². The highest BCUT2D eigenvalue weighted by molar-refractivity contribution is 9.10. The zero-order valence-electron chi connectivity index (χ0n) is 14.5. The van der Waals surface area contributed by atoms with Crippen molar-refractivity contribution in [3.8, 4) is 0 Å². The van der Waals surface area contributed by atoms with Gasteiger partial charge in [-0.3, -0.25) is 14.2 Å². The predicted molar refractivity (Wildman–Crippen MR) is 105 cm³/mol. The number of aryl methyl sites for hydroxylation is 1. The summed E-state index contributed by atoms with van der Waals surface area (Å²) < 4.78 is 4.68. The van der Waals surface area contributed by atoms with E-state index in [2.05, 4.69) is 31.4 Å². The lowest BCUT2D eigenvalue weighted by Crippen LogP contribution is -2.27. The fraction of sp³-hybridized carbons (Fsp3) is 0.278. The van der Waals surface area contributed by atoms with Crippen molar-refractivity contribution in [1.29, 1.82) is 0 Å². The molecule has 2 heterocycles. The molecule has 0 aliphatic carbocycles. The largest absolute Gasteiger partial charge is 0.350 e. The van der Waals surface area contributed by atoms with E-state index in [9.17, 15) is 4.79 Å². The van der Waals surface area contributed by atoms with E-state index in [4.69, 9.17) is 11.6 Å². The van der Waals surface area contributed by atoms with Crippen molar-refractivity contribution in [2.75, 3.05) is 6.54 Å². The van der Waals surface area contributed by atoms with Gasteiger partial charge in [0, 0.05) is 18.3 Å². The fourth-order valence-corrected chi connectivity index (χ4v) is 3.05. The Bertz CT molecular complexity index is 916. The monoisotopic (exact) mass is 435 g/mol. The van der Waals surface area contributed by atoms with E-state index in [0.29, 0.717) is 30.2 Å². The molecule has 6 nitrogen and oxygen atoms in total. The number of nitrogens with one attached hydrogen (secondary N) is 1. The Labute approximate surface area is 165 Å². The molecule has 0 aliphatic rings. The Kier molecular flexibility index (Phi) is 5.78. The Morgan fingerprint density at radius 3 is 2.58 bits per heavy atom. The van der Waals surface area contributed by atoms with Crippen LogP contribution in [0.5, 0.6) is 0 Å². The summed E-state index contributed by atoms with van der Waals surface area (Å²) in [5.74, 6) is -0.108. The summed E-state index contributed by atoms with van der Waals surface area (Å²) in [5, 5.41) is 12.0. The van der Waals surface area contributed by atoms with Crippen molar-refractivity contribution in [2.24, 2.45) is 0 Å². The molecule has 1 amide bonds. The molecule has 0 saturated heterocycles. The average Bonchev–Trinajstić information content (AvgIpc) is 3.14. The van der Waals surface area contributed by atoms with Crippen molar-refractivity contribution in [3.05, 3.63) is 68.7 Å². The predicted octanol–water partition coefficient (Wildman–Crippen LogP) is 3.59. The second-order valence-electron chi connectivity index (χ2n) is 6.02. The van der Waals surface area contributed by atoms with Gasteiger partial charge in [0.25, 0.3) is 5.91 Å². The second-order valence-corrected chi connectivity index (χ2v) is 7.25. The van der Waals surface area contributed by atoms with Crippen LogP contribution in [0.3, 0.4) is 0 Å². The van der Waals surface area contributed by atoms with E-state index >= 15 is 0 Å². The molecule has 0 bridgehead atoms. The molecule has 8 heteroatoms. The molecule has 0 fully saturated rings. The van der Waals surface area contributed by atoms with Crippen LogP contribution in [-0.4, -0.2) is 32.0 Å². The van der Waals surface area contributed by atoms with Gasteiger partial charge in [-0.15, -0.1) is 0 Å². The van der Waals surface area contributed by atoms with E-state index in [1.807, 2.05) is 42.8 Å². The maximum Gasteiger partial charge on any atom is 0.251 e. The third-order valence-electron chi connectivity index (χ3n) is 4.07. The summed E-state index contributed by atoms with van der Waals surface area (Å²) in [6, 6.07) is 7.56. The molecule has 0 aliphatic heterocycles. The highest BCUT2D eigenvalue weighted by atomic mass is 79.9. The first-order valence-electron chi connectivity index (χ1n) is 8.18. The summed E-state index contributed by atoms with van der Waals surface area (Å²) in [5.41, 5.74) is 3.77. The number of carbonyl (C=O) groups is 1. The number of carbonyl (C=O) groups excluding carboxylic acids is 1. The number of halogens is 2. The van der Waals surface area contributed by atoms with E-state index < -0.39 is 0 Å². The van der Waals surface area contributed by atoms with Crippen LogP contribution in [0.15, 0.2) is 41.1 Å². The van der Waals surface area contributed by atoms with Crippen LogP contribution in [0.4, 0.5) is 0 Å². The minimum Gasteiger partial charge on any atom is -0.350 e. The van der Waals surface area contributed by atoms with Crippen LogP contribution in [0.2, 0.25) is 5.02 Å². The van der Waals surface area contributed by atoms with Crippen molar-refractivity contribution in [1.82, 2.24) is 24.9 Å². The standard InChI is InChI=1S/C18H19BrClN5O/c1-12-17(19)13(2)25(23-12)10-14-3-5-15(6-4-14)18(26)21-7-8-24-11-16(20)9-22-24/h3-6,9,11H,7-8,10H2,1-2H3,(H,21,26). The van der Waals surface area contributed by atoms with Crippen LogP contribution < -0.4 is 5.32 Å². The molecule has 1 N–H and O–H groups in total. The van der Waals surface area contributed by atoms with Gasteiger partial charge < -0.3 is 5.32 Å². The topological polar surface area (TPSA) is 64.7 Å². The van der Waals surface area contributed by atoms with Crippen molar-refractivity contribution < 1.29 is 4.79 Å². The first kappa shape index (κ1) is 18.7. The molecule has 136 valence electrons. The smallest absolute Gasteiger partial charge is 0.251 e. The quantitative estimate of drug-likeness (QED) is 0.642. The van der Waals surface area contributed by atoms with E-state index in [0.717, 1.165) is 21.4 Å². The van der Waals surface area contributed by atoms with E-state index in [1.54, 1.807) is 17.1 Å². The lowest BCUT2D eigenvalue weighted by Gasteiger charge is -2.08. The van der Waals surface area contributed by atoms with Crippen molar-refractivity contribution in [3.63, 3.8) is 0 Å². The molecule has 0 saturated carbocycles. The zero-order valence-corrected chi connectivity index (χ0v) is 16.9. The normalized spacial score (nSPS) is 10.9. The van der Waals surface area contributed by atoms with Crippen LogP contribution in [0.25, 0.3) is 0 Å². The lowest BCUT2D eigenvalue weighted by atomic mass is 10.1. The number of benzene rings is 1. The highest BCUT2D eigenvalue weighted by Gasteiger charge is 2.10. The highest BCUT2D eigenvalue weighted by Crippen LogP contribution is 2.20. The minimum absolute atomic E-state index is 0.108. The molecule has 0 spiro atoms. The molecule has 0 unspecified atom stereocenters. The number of rotatable bonds is 6. The van der Waals surface area contributed by atoms with Gasteiger partial charge in [0.15, 0.2) is 0 Å². The summed E-state index contributed by atoms with van der Waals surface area (Å²) in [4.78, 5) is 12.2. The molecule has 2 aromatic heterocycles. The number of nitrogens with zero attached hydrogens (tertiary/aromatic N) is 4.